The molecule has 4 rings (SSSR count). The van der Waals surface area contributed by atoms with Gasteiger partial charge in [0.15, 0.2) is 0 Å². The minimum atomic E-state index is -0.393. The summed E-state index contributed by atoms with van der Waals surface area (Å²) < 4.78 is 5.77. The molecular weight excluding hydrogens is 326 g/mol. The zero-order chi connectivity index (χ0) is 18.3. The molecule has 2 aromatic carbocycles. The summed E-state index contributed by atoms with van der Waals surface area (Å²) in [4.78, 5) is 27.2. The van der Waals surface area contributed by atoms with Crippen LogP contribution in [-0.2, 0) is 9.53 Å². The molecule has 4 heteroatoms. The van der Waals surface area contributed by atoms with Crippen molar-refractivity contribution in [2.45, 2.75) is 32.3 Å². The third kappa shape index (κ3) is 2.45. The average Bonchev–Trinajstić information content (AvgIpc) is 2.92. The van der Waals surface area contributed by atoms with Crippen molar-refractivity contribution >= 4 is 28.7 Å². The number of carbonyl (C=O) groups is 2. The lowest BCUT2D eigenvalue weighted by Gasteiger charge is -2.29. The van der Waals surface area contributed by atoms with Crippen LogP contribution in [0.3, 0.4) is 0 Å². The third-order valence-corrected chi connectivity index (χ3v) is 5.15. The maximum absolute atomic E-state index is 13.1. The Morgan fingerprint density at radius 3 is 2.35 bits per heavy atom. The Bertz CT molecular complexity index is 928. The first kappa shape index (κ1) is 16.6. The lowest BCUT2D eigenvalue weighted by Crippen LogP contribution is -2.29. The number of benzene rings is 2. The Kier molecular flexibility index (Phi) is 4.11. The second kappa shape index (κ2) is 6.45. The largest absolute Gasteiger partial charge is 0.454 e. The first-order chi connectivity index (χ1) is 12.6. The van der Waals surface area contributed by atoms with Crippen molar-refractivity contribution in [2.75, 3.05) is 11.9 Å². The fraction of sp³-hybridized carbons (Fsp3) is 0.273. The molecule has 1 atom stereocenters. The molecule has 0 radical (unpaired) electrons. The minimum Gasteiger partial charge on any atom is -0.454 e. The second-order valence-corrected chi connectivity index (χ2v) is 6.75. The Labute approximate surface area is 153 Å². The van der Waals surface area contributed by atoms with Crippen molar-refractivity contribution in [3.05, 3.63) is 65.2 Å². The monoisotopic (exact) mass is 347 g/mol. The number of esters is 1. The maximum atomic E-state index is 13.1. The van der Waals surface area contributed by atoms with E-state index in [1.165, 1.54) is 0 Å². The number of ether oxygens (including phenoxy) is 1. The summed E-state index contributed by atoms with van der Waals surface area (Å²) in [6, 6.07) is 15.2. The molecule has 26 heavy (non-hydrogen) atoms. The van der Waals surface area contributed by atoms with Gasteiger partial charge in [-0.05, 0) is 30.5 Å². The van der Waals surface area contributed by atoms with E-state index in [2.05, 4.69) is 6.92 Å². The molecule has 132 valence electrons. The molecule has 0 saturated carbocycles. The molecule has 0 N–H and O–H groups in total. The van der Waals surface area contributed by atoms with Crippen LogP contribution >= 0.6 is 0 Å². The predicted molar refractivity (Wildman–Crippen MR) is 102 cm³/mol. The van der Waals surface area contributed by atoms with E-state index in [1.54, 1.807) is 18.0 Å². The van der Waals surface area contributed by atoms with E-state index in [0.717, 1.165) is 35.2 Å². The van der Waals surface area contributed by atoms with E-state index in [9.17, 15) is 9.59 Å². The van der Waals surface area contributed by atoms with Crippen LogP contribution in [0.25, 0.3) is 11.1 Å². The number of hydrogen-bond donors (Lipinski definition) is 0. The van der Waals surface area contributed by atoms with Crippen LogP contribution < -0.4 is 4.90 Å². The molecular formula is C22H21NO3. The number of carbonyl (C=O) groups excluding carboxylic acids is 2. The van der Waals surface area contributed by atoms with Gasteiger partial charge in [-0.3, -0.25) is 4.79 Å². The topological polar surface area (TPSA) is 46.6 Å². The number of amides is 1. The van der Waals surface area contributed by atoms with Crippen molar-refractivity contribution in [3.63, 3.8) is 0 Å². The summed E-state index contributed by atoms with van der Waals surface area (Å²) in [5, 5.41) is 0. The van der Waals surface area contributed by atoms with Crippen molar-refractivity contribution in [3.8, 4) is 0 Å². The van der Waals surface area contributed by atoms with Gasteiger partial charge in [0.05, 0.1) is 16.8 Å². The Morgan fingerprint density at radius 1 is 0.962 bits per heavy atom. The van der Waals surface area contributed by atoms with Gasteiger partial charge in [0.2, 0.25) is 0 Å². The molecule has 1 unspecified atom stereocenters. The fourth-order valence-electron chi connectivity index (χ4n) is 3.84. The summed E-state index contributed by atoms with van der Waals surface area (Å²) in [7, 11) is 1.79. The van der Waals surface area contributed by atoms with Gasteiger partial charge in [0, 0.05) is 18.2 Å². The maximum Gasteiger partial charge on any atom is 0.339 e. The standard InChI is InChI=1S/C22H21NO3/c1-3-4-13-18-19(14-9-5-6-10-15(14)22(25)26-18)20-16-11-7-8-12-17(16)23(2)21(20)24/h5-12,18H,3-4,13H2,1-2H3/b20-19-. The summed E-state index contributed by atoms with van der Waals surface area (Å²) in [5.41, 5.74) is 4.65. The first-order valence-corrected chi connectivity index (χ1v) is 9.05. The van der Waals surface area contributed by atoms with E-state index in [0.29, 0.717) is 17.6 Å². The van der Waals surface area contributed by atoms with Crippen LogP contribution in [0.15, 0.2) is 48.5 Å². The molecule has 2 heterocycles. The van der Waals surface area contributed by atoms with Gasteiger partial charge in [-0.2, -0.15) is 0 Å². The van der Waals surface area contributed by atoms with E-state index in [-0.39, 0.29) is 11.9 Å². The Balaban J connectivity index is 1.99. The number of anilines is 1. The van der Waals surface area contributed by atoms with Crippen molar-refractivity contribution in [1.29, 1.82) is 0 Å². The number of cyclic esters (lactones) is 1. The molecule has 0 bridgehead atoms. The molecule has 0 fully saturated rings. The van der Waals surface area contributed by atoms with Crippen molar-refractivity contribution < 1.29 is 14.3 Å². The van der Waals surface area contributed by atoms with E-state index < -0.39 is 6.10 Å². The zero-order valence-corrected chi connectivity index (χ0v) is 15.0. The predicted octanol–water partition coefficient (Wildman–Crippen LogP) is 4.30. The molecule has 2 aliphatic rings. The zero-order valence-electron chi connectivity index (χ0n) is 15.0. The lowest BCUT2D eigenvalue weighted by atomic mass is 9.85. The van der Waals surface area contributed by atoms with Crippen LogP contribution in [0.2, 0.25) is 0 Å². The van der Waals surface area contributed by atoms with E-state index in [1.807, 2.05) is 42.5 Å². The highest BCUT2D eigenvalue weighted by Crippen LogP contribution is 2.44. The molecule has 0 aliphatic carbocycles. The average molecular weight is 347 g/mol. The van der Waals surface area contributed by atoms with Gasteiger partial charge in [0.1, 0.15) is 6.10 Å². The van der Waals surface area contributed by atoms with Gasteiger partial charge in [-0.1, -0.05) is 49.7 Å². The Morgan fingerprint density at radius 2 is 1.62 bits per heavy atom. The molecule has 4 nitrogen and oxygen atoms in total. The number of para-hydroxylation sites is 1. The fourth-order valence-corrected chi connectivity index (χ4v) is 3.84. The number of likely N-dealkylation sites (N-methyl/N-ethyl adjacent to an activating group) is 1. The van der Waals surface area contributed by atoms with Crippen LogP contribution in [0.5, 0.6) is 0 Å². The first-order valence-electron chi connectivity index (χ1n) is 9.05. The summed E-state index contributed by atoms with van der Waals surface area (Å²) in [6.45, 7) is 2.11. The highest BCUT2D eigenvalue weighted by atomic mass is 16.5. The van der Waals surface area contributed by atoms with Crippen molar-refractivity contribution in [2.24, 2.45) is 0 Å². The minimum absolute atomic E-state index is 0.0459. The quantitative estimate of drug-likeness (QED) is 0.614. The van der Waals surface area contributed by atoms with Crippen LogP contribution in [-0.4, -0.2) is 25.0 Å². The molecule has 0 aromatic heterocycles. The number of fused-ring (bicyclic) bond motifs is 2. The SMILES string of the molecule is CCCCC1OC(=O)c2ccccc2/C1=C1/C(=O)N(C)c2ccccc21. The number of unbranched alkanes of at least 4 members (excludes halogenated alkanes) is 1. The summed E-state index contributed by atoms with van der Waals surface area (Å²) >= 11 is 0. The number of rotatable bonds is 3. The molecule has 2 aromatic rings. The lowest BCUT2D eigenvalue weighted by molar-refractivity contribution is -0.112. The van der Waals surface area contributed by atoms with Crippen LogP contribution in [0.1, 0.15) is 47.7 Å². The van der Waals surface area contributed by atoms with E-state index in [4.69, 9.17) is 4.74 Å². The van der Waals surface area contributed by atoms with Gasteiger partial charge in [0.25, 0.3) is 5.91 Å². The highest BCUT2D eigenvalue weighted by Gasteiger charge is 2.39. The highest BCUT2D eigenvalue weighted by molar-refractivity contribution is 6.38. The molecule has 2 aliphatic heterocycles. The molecule has 0 spiro atoms. The smallest absolute Gasteiger partial charge is 0.339 e. The normalized spacial score (nSPS) is 21.5. The number of hydrogen-bond acceptors (Lipinski definition) is 3. The Hall–Kier alpha value is -2.88. The van der Waals surface area contributed by atoms with Gasteiger partial charge in [-0.15, -0.1) is 0 Å². The van der Waals surface area contributed by atoms with Crippen LogP contribution in [0, 0.1) is 0 Å². The van der Waals surface area contributed by atoms with Crippen molar-refractivity contribution in [1.82, 2.24) is 0 Å². The van der Waals surface area contributed by atoms with Gasteiger partial charge >= 0.3 is 5.97 Å². The second-order valence-electron chi connectivity index (χ2n) is 6.75. The molecule has 0 saturated heterocycles. The summed E-state index contributed by atoms with van der Waals surface area (Å²) in [6.07, 6.45) is 2.26. The van der Waals surface area contributed by atoms with Gasteiger partial charge in [-0.25, -0.2) is 4.79 Å². The summed E-state index contributed by atoms with van der Waals surface area (Å²) in [5.74, 6) is -0.353. The van der Waals surface area contributed by atoms with Gasteiger partial charge < -0.3 is 9.64 Å². The third-order valence-electron chi connectivity index (χ3n) is 5.15. The number of nitrogens with zero attached hydrogens (tertiary/aromatic N) is 1. The molecule has 1 amide bonds. The van der Waals surface area contributed by atoms with E-state index >= 15 is 0 Å². The van der Waals surface area contributed by atoms with Crippen LogP contribution in [0.4, 0.5) is 5.69 Å².